The first-order valence-corrected chi connectivity index (χ1v) is 8.33. The molecule has 1 atom stereocenters. The molecule has 1 aromatic carbocycles. The highest BCUT2D eigenvalue weighted by Crippen LogP contribution is 2.25. The molecular weight excluding hydrogens is 344 g/mol. The van der Waals surface area contributed by atoms with Crippen molar-refractivity contribution in [2.45, 2.75) is 6.92 Å². The van der Waals surface area contributed by atoms with Crippen LogP contribution in [0.15, 0.2) is 66.3 Å². The van der Waals surface area contributed by atoms with E-state index in [-0.39, 0.29) is 0 Å². The van der Waals surface area contributed by atoms with Crippen LogP contribution in [0.4, 0.5) is 11.4 Å². The van der Waals surface area contributed by atoms with Crippen LogP contribution in [0.2, 0.25) is 0 Å². The lowest BCUT2D eigenvalue weighted by molar-refractivity contribution is -0.127. The van der Waals surface area contributed by atoms with E-state index in [0.29, 0.717) is 22.9 Å². The van der Waals surface area contributed by atoms with Crippen molar-refractivity contribution in [1.29, 1.82) is 0 Å². The zero-order valence-corrected chi connectivity index (χ0v) is 14.5. The average molecular weight is 360 g/mol. The molecular formula is C19H16N6O2. The Hall–Kier alpha value is -3.81. The molecule has 1 aliphatic rings. The number of hydrogen-bond donors (Lipinski definition) is 2. The van der Waals surface area contributed by atoms with Crippen molar-refractivity contribution in [2.75, 3.05) is 10.3 Å². The molecule has 0 spiro atoms. The third kappa shape index (κ3) is 3.20. The molecule has 0 fully saturated rings. The smallest absolute Gasteiger partial charge is 0.265 e. The number of carbonyl (C=O) groups excluding carboxylic acids is 2. The molecule has 4 rings (SSSR count). The Morgan fingerprint density at radius 1 is 1.19 bits per heavy atom. The molecule has 3 heterocycles. The number of nitrogens with one attached hydrogen (secondary N) is 2. The molecule has 0 bridgehead atoms. The molecule has 0 saturated heterocycles. The first kappa shape index (κ1) is 16.6. The second-order valence-corrected chi connectivity index (χ2v) is 6.04. The SMILES string of the molecule is CC1=NN(c2ccncc2)C(=O)C1C(=O)Nc1cccc(-c2ncc[nH]2)c1. The van der Waals surface area contributed by atoms with Gasteiger partial charge in [-0.05, 0) is 31.2 Å². The second kappa shape index (κ2) is 6.83. The maximum Gasteiger partial charge on any atom is 0.265 e. The number of H-pyrrole nitrogens is 1. The average Bonchev–Trinajstić information content (AvgIpc) is 3.31. The summed E-state index contributed by atoms with van der Waals surface area (Å²) in [4.78, 5) is 36.6. The maximum absolute atomic E-state index is 12.7. The zero-order valence-electron chi connectivity index (χ0n) is 14.5. The summed E-state index contributed by atoms with van der Waals surface area (Å²) < 4.78 is 0. The Kier molecular flexibility index (Phi) is 4.21. The van der Waals surface area contributed by atoms with Crippen LogP contribution >= 0.6 is 0 Å². The normalized spacial score (nSPS) is 16.3. The van der Waals surface area contributed by atoms with Crippen molar-refractivity contribution < 1.29 is 9.59 Å². The minimum atomic E-state index is -0.967. The van der Waals surface area contributed by atoms with Gasteiger partial charge < -0.3 is 10.3 Å². The number of anilines is 2. The molecule has 2 N–H and O–H groups in total. The van der Waals surface area contributed by atoms with Crippen LogP contribution < -0.4 is 10.3 Å². The van der Waals surface area contributed by atoms with Gasteiger partial charge in [0, 0.05) is 36.0 Å². The first-order valence-electron chi connectivity index (χ1n) is 8.33. The number of carbonyl (C=O) groups is 2. The summed E-state index contributed by atoms with van der Waals surface area (Å²) in [5.41, 5.74) is 2.43. The van der Waals surface area contributed by atoms with E-state index in [9.17, 15) is 9.59 Å². The summed E-state index contributed by atoms with van der Waals surface area (Å²) in [5.74, 6) is -1.08. The van der Waals surface area contributed by atoms with Gasteiger partial charge in [-0.15, -0.1) is 0 Å². The summed E-state index contributed by atoms with van der Waals surface area (Å²) in [5, 5.41) is 8.27. The van der Waals surface area contributed by atoms with E-state index in [1.807, 2.05) is 12.1 Å². The molecule has 2 amide bonds. The van der Waals surface area contributed by atoms with Gasteiger partial charge in [0.1, 0.15) is 5.82 Å². The highest BCUT2D eigenvalue weighted by atomic mass is 16.2. The van der Waals surface area contributed by atoms with E-state index in [0.717, 1.165) is 5.56 Å². The molecule has 0 radical (unpaired) electrons. The molecule has 134 valence electrons. The predicted octanol–water partition coefficient (Wildman–Crippen LogP) is 2.45. The Bertz CT molecular complexity index is 1010. The molecule has 0 saturated carbocycles. The Balaban J connectivity index is 1.53. The number of amides is 2. The van der Waals surface area contributed by atoms with Gasteiger partial charge in [0.05, 0.1) is 11.4 Å². The van der Waals surface area contributed by atoms with Crippen molar-refractivity contribution >= 4 is 28.9 Å². The van der Waals surface area contributed by atoms with Gasteiger partial charge >= 0.3 is 0 Å². The Labute approximate surface area is 155 Å². The summed E-state index contributed by atoms with van der Waals surface area (Å²) in [6.07, 6.45) is 6.53. The Morgan fingerprint density at radius 2 is 2.00 bits per heavy atom. The Morgan fingerprint density at radius 3 is 2.74 bits per heavy atom. The van der Waals surface area contributed by atoms with Crippen LogP contribution in [0.5, 0.6) is 0 Å². The topological polar surface area (TPSA) is 103 Å². The van der Waals surface area contributed by atoms with Gasteiger partial charge in [0.25, 0.3) is 5.91 Å². The van der Waals surface area contributed by atoms with Gasteiger partial charge in [-0.25, -0.2) is 4.98 Å². The third-order valence-corrected chi connectivity index (χ3v) is 4.20. The van der Waals surface area contributed by atoms with Crippen LogP contribution in [0.1, 0.15) is 6.92 Å². The van der Waals surface area contributed by atoms with Crippen molar-refractivity contribution in [3.05, 3.63) is 61.2 Å². The molecule has 3 aromatic rings. The van der Waals surface area contributed by atoms with Crippen LogP contribution in [0.25, 0.3) is 11.4 Å². The summed E-state index contributed by atoms with van der Waals surface area (Å²) in [7, 11) is 0. The van der Waals surface area contributed by atoms with Crippen LogP contribution in [-0.2, 0) is 9.59 Å². The van der Waals surface area contributed by atoms with E-state index in [2.05, 4.69) is 25.4 Å². The van der Waals surface area contributed by atoms with E-state index in [4.69, 9.17) is 0 Å². The molecule has 0 aliphatic carbocycles. The van der Waals surface area contributed by atoms with Gasteiger partial charge in [0.15, 0.2) is 5.92 Å². The number of hydrazone groups is 1. The van der Waals surface area contributed by atoms with Crippen molar-refractivity contribution in [2.24, 2.45) is 11.0 Å². The molecule has 27 heavy (non-hydrogen) atoms. The fraction of sp³-hybridized carbons (Fsp3) is 0.105. The minimum Gasteiger partial charge on any atom is -0.345 e. The summed E-state index contributed by atoms with van der Waals surface area (Å²) in [6, 6.07) is 10.6. The van der Waals surface area contributed by atoms with E-state index < -0.39 is 17.7 Å². The summed E-state index contributed by atoms with van der Waals surface area (Å²) >= 11 is 0. The second-order valence-electron chi connectivity index (χ2n) is 6.04. The van der Waals surface area contributed by atoms with E-state index in [1.165, 1.54) is 5.01 Å². The standard InChI is InChI=1S/C19H16N6O2/c1-12-16(19(27)25(24-12)15-5-7-20-8-6-15)18(26)23-14-4-2-3-13(11-14)17-21-9-10-22-17/h2-11,16H,1H3,(H,21,22)(H,23,26). The third-order valence-electron chi connectivity index (χ3n) is 4.20. The van der Waals surface area contributed by atoms with Gasteiger partial charge in [-0.1, -0.05) is 12.1 Å². The van der Waals surface area contributed by atoms with Crippen LogP contribution in [0, 0.1) is 5.92 Å². The lowest BCUT2D eigenvalue weighted by Gasteiger charge is -2.14. The largest absolute Gasteiger partial charge is 0.345 e. The van der Waals surface area contributed by atoms with Gasteiger partial charge in [0.2, 0.25) is 5.91 Å². The number of pyridine rings is 1. The molecule has 8 heteroatoms. The van der Waals surface area contributed by atoms with Crippen LogP contribution in [0.3, 0.4) is 0 Å². The highest BCUT2D eigenvalue weighted by Gasteiger charge is 2.39. The molecule has 8 nitrogen and oxygen atoms in total. The fourth-order valence-corrected chi connectivity index (χ4v) is 2.92. The minimum absolute atomic E-state index is 0.390. The number of imidazole rings is 1. The molecule has 1 aliphatic heterocycles. The number of hydrogen-bond acceptors (Lipinski definition) is 5. The quantitative estimate of drug-likeness (QED) is 0.698. The van der Waals surface area contributed by atoms with Crippen molar-refractivity contribution in [1.82, 2.24) is 15.0 Å². The number of nitrogens with zero attached hydrogens (tertiary/aromatic N) is 4. The fourth-order valence-electron chi connectivity index (χ4n) is 2.92. The predicted molar refractivity (Wildman–Crippen MR) is 101 cm³/mol. The first-order chi connectivity index (χ1) is 13.1. The van der Waals surface area contributed by atoms with Crippen molar-refractivity contribution in [3.8, 4) is 11.4 Å². The van der Waals surface area contributed by atoms with Crippen LogP contribution in [-0.4, -0.2) is 32.5 Å². The van der Waals surface area contributed by atoms with Gasteiger partial charge in [-0.3, -0.25) is 14.6 Å². The lowest BCUT2D eigenvalue weighted by Crippen LogP contribution is -2.36. The van der Waals surface area contributed by atoms with E-state index in [1.54, 1.807) is 56.0 Å². The van der Waals surface area contributed by atoms with Crippen molar-refractivity contribution in [3.63, 3.8) is 0 Å². The number of aromatic nitrogens is 3. The lowest BCUT2D eigenvalue weighted by atomic mass is 10.0. The maximum atomic E-state index is 12.7. The number of rotatable bonds is 4. The number of aromatic amines is 1. The summed E-state index contributed by atoms with van der Waals surface area (Å²) in [6.45, 7) is 1.67. The number of benzene rings is 1. The highest BCUT2D eigenvalue weighted by molar-refractivity contribution is 6.28. The molecule has 1 unspecified atom stereocenters. The molecule has 2 aromatic heterocycles. The van der Waals surface area contributed by atoms with E-state index >= 15 is 0 Å². The zero-order chi connectivity index (χ0) is 18.8. The van der Waals surface area contributed by atoms with Gasteiger partial charge in [-0.2, -0.15) is 10.1 Å². The monoisotopic (exact) mass is 360 g/mol.